The third kappa shape index (κ3) is 1.70. The highest BCUT2D eigenvalue weighted by molar-refractivity contribution is 4.68. The molecular weight excluding hydrogens is 196 g/mol. The fourth-order valence-electron chi connectivity index (χ4n) is 3.96. The van der Waals surface area contributed by atoms with E-state index in [0.717, 1.165) is 12.1 Å². The Labute approximate surface area is 101 Å². The molecular formula is C14H30N2+2. The van der Waals surface area contributed by atoms with Crippen LogP contribution < -0.4 is 0 Å². The third-order valence-electron chi connectivity index (χ3n) is 6.02. The molecule has 3 saturated heterocycles. The molecule has 0 aliphatic carbocycles. The van der Waals surface area contributed by atoms with Gasteiger partial charge < -0.3 is 8.97 Å². The van der Waals surface area contributed by atoms with Gasteiger partial charge >= 0.3 is 0 Å². The zero-order valence-electron chi connectivity index (χ0n) is 11.7. The SMILES string of the molecule is CCC(C)[N+]12CC[N+](C(C)CC)(CC1)CC2. The number of hydrogen-bond acceptors (Lipinski definition) is 0. The Morgan fingerprint density at radius 2 is 0.938 bits per heavy atom. The van der Waals surface area contributed by atoms with Crippen LogP contribution in [0.4, 0.5) is 0 Å². The van der Waals surface area contributed by atoms with Gasteiger partial charge in [-0.15, -0.1) is 0 Å². The summed E-state index contributed by atoms with van der Waals surface area (Å²) in [6.45, 7) is 18.3. The summed E-state index contributed by atoms with van der Waals surface area (Å²) in [5, 5.41) is 0. The first-order valence-corrected chi connectivity index (χ1v) is 7.30. The van der Waals surface area contributed by atoms with E-state index in [4.69, 9.17) is 0 Å². The smallest absolute Gasteiger partial charge is 0.129 e. The van der Waals surface area contributed by atoms with Gasteiger partial charge in [-0.3, -0.25) is 0 Å². The summed E-state index contributed by atoms with van der Waals surface area (Å²) in [5.74, 6) is 0. The summed E-state index contributed by atoms with van der Waals surface area (Å²) in [6.07, 6.45) is 2.70. The largest absolute Gasteiger partial charge is 0.307 e. The average molecular weight is 226 g/mol. The van der Waals surface area contributed by atoms with Crippen LogP contribution in [0.1, 0.15) is 40.5 Å². The lowest BCUT2D eigenvalue weighted by molar-refractivity contribution is -1.10. The summed E-state index contributed by atoms with van der Waals surface area (Å²) in [7, 11) is 0. The Kier molecular flexibility index (Phi) is 3.33. The van der Waals surface area contributed by atoms with Crippen LogP contribution in [0.15, 0.2) is 0 Å². The predicted octanol–water partition coefficient (Wildman–Crippen LogP) is 2.24. The molecule has 3 fully saturated rings. The molecule has 16 heavy (non-hydrogen) atoms. The zero-order chi connectivity index (χ0) is 11.8. The van der Waals surface area contributed by atoms with E-state index in [1.165, 1.54) is 61.1 Å². The number of nitrogens with zero attached hydrogens (tertiary/aromatic N) is 2. The summed E-state index contributed by atoms with van der Waals surface area (Å²) < 4.78 is 2.87. The third-order valence-corrected chi connectivity index (χ3v) is 6.02. The Bertz CT molecular complexity index is 199. The molecule has 3 aliphatic heterocycles. The van der Waals surface area contributed by atoms with Gasteiger partial charge in [0.1, 0.15) is 39.3 Å². The van der Waals surface area contributed by atoms with Crippen LogP contribution >= 0.6 is 0 Å². The van der Waals surface area contributed by atoms with E-state index in [-0.39, 0.29) is 0 Å². The molecule has 0 radical (unpaired) electrons. The molecule has 2 atom stereocenters. The molecule has 3 aliphatic rings. The molecule has 2 bridgehead atoms. The highest BCUT2D eigenvalue weighted by atomic mass is 15.5. The number of hydrogen-bond donors (Lipinski definition) is 0. The lowest BCUT2D eigenvalue weighted by atomic mass is 9.98. The number of fused-ring (bicyclic) bond motifs is 3. The van der Waals surface area contributed by atoms with E-state index >= 15 is 0 Å². The molecule has 0 spiro atoms. The standard InChI is InChI=1S/C14H30N2/c1-5-13(3)15-7-10-16(11-8-15,12-9-15)14(4)6-2/h13-14H,5-12H2,1-4H3/q+2. The van der Waals surface area contributed by atoms with Crippen molar-refractivity contribution in [2.45, 2.75) is 52.6 Å². The van der Waals surface area contributed by atoms with Crippen LogP contribution in [0, 0.1) is 0 Å². The van der Waals surface area contributed by atoms with Crippen molar-refractivity contribution in [2.75, 3.05) is 39.3 Å². The van der Waals surface area contributed by atoms with Crippen molar-refractivity contribution in [1.29, 1.82) is 0 Å². The molecule has 2 unspecified atom stereocenters. The van der Waals surface area contributed by atoms with Crippen molar-refractivity contribution in [2.24, 2.45) is 0 Å². The Morgan fingerprint density at radius 3 is 1.12 bits per heavy atom. The van der Waals surface area contributed by atoms with Crippen LogP contribution in [-0.4, -0.2) is 60.3 Å². The second-order valence-electron chi connectivity index (χ2n) is 6.29. The number of piperazine rings is 3. The minimum Gasteiger partial charge on any atom is -0.307 e. The van der Waals surface area contributed by atoms with Gasteiger partial charge in [-0.1, -0.05) is 13.8 Å². The molecule has 94 valence electrons. The van der Waals surface area contributed by atoms with Crippen LogP contribution in [0.25, 0.3) is 0 Å². The van der Waals surface area contributed by atoms with Crippen molar-refractivity contribution >= 4 is 0 Å². The van der Waals surface area contributed by atoms with Crippen molar-refractivity contribution in [1.82, 2.24) is 0 Å². The second kappa shape index (κ2) is 4.30. The van der Waals surface area contributed by atoms with Gasteiger partial charge in [0.2, 0.25) is 0 Å². The molecule has 3 rings (SSSR count). The first-order valence-electron chi connectivity index (χ1n) is 7.30. The minimum absolute atomic E-state index is 0.888. The van der Waals surface area contributed by atoms with Gasteiger partial charge in [-0.25, -0.2) is 0 Å². The van der Waals surface area contributed by atoms with Crippen LogP contribution in [-0.2, 0) is 0 Å². The van der Waals surface area contributed by atoms with Crippen molar-refractivity contribution < 1.29 is 8.97 Å². The molecule has 2 nitrogen and oxygen atoms in total. The van der Waals surface area contributed by atoms with E-state index in [2.05, 4.69) is 27.7 Å². The maximum atomic E-state index is 2.47. The maximum absolute atomic E-state index is 2.47. The first kappa shape index (κ1) is 12.4. The quantitative estimate of drug-likeness (QED) is 0.645. The van der Waals surface area contributed by atoms with E-state index in [1.807, 2.05) is 0 Å². The van der Waals surface area contributed by atoms with Crippen LogP contribution in [0.5, 0.6) is 0 Å². The van der Waals surface area contributed by atoms with Gasteiger partial charge in [-0.05, 0) is 26.7 Å². The number of rotatable bonds is 4. The molecule has 0 saturated carbocycles. The van der Waals surface area contributed by atoms with E-state index in [1.54, 1.807) is 0 Å². The summed E-state index contributed by atoms with van der Waals surface area (Å²) >= 11 is 0. The molecule has 0 aromatic rings. The second-order valence-corrected chi connectivity index (χ2v) is 6.29. The highest BCUT2D eigenvalue weighted by Gasteiger charge is 2.52. The molecule has 0 aromatic heterocycles. The maximum Gasteiger partial charge on any atom is 0.129 e. The highest BCUT2D eigenvalue weighted by Crippen LogP contribution is 2.32. The Balaban J connectivity index is 2.08. The molecule has 0 amide bonds. The summed E-state index contributed by atoms with van der Waals surface area (Å²) in [4.78, 5) is 0. The Morgan fingerprint density at radius 1 is 0.688 bits per heavy atom. The van der Waals surface area contributed by atoms with Gasteiger partial charge in [0.25, 0.3) is 0 Å². The van der Waals surface area contributed by atoms with Gasteiger partial charge in [0.05, 0.1) is 12.1 Å². The lowest BCUT2D eigenvalue weighted by Crippen LogP contribution is -2.78. The van der Waals surface area contributed by atoms with Crippen molar-refractivity contribution in [3.05, 3.63) is 0 Å². The van der Waals surface area contributed by atoms with Gasteiger partial charge in [-0.2, -0.15) is 0 Å². The monoisotopic (exact) mass is 226 g/mol. The normalized spacial score (nSPS) is 42.0. The summed E-state index contributed by atoms with van der Waals surface area (Å²) in [5.41, 5.74) is 0. The van der Waals surface area contributed by atoms with Crippen LogP contribution in [0.2, 0.25) is 0 Å². The fraction of sp³-hybridized carbons (Fsp3) is 1.00. The number of quaternary nitrogens is 2. The summed E-state index contributed by atoms with van der Waals surface area (Å²) in [6, 6.07) is 1.78. The predicted molar refractivity (Wildman–Crippen MR) is 69.2 cm³/mol. The van der Waals surface area contributed by atoms with Gasteiger partial charge in [0, 0.05) is 0 Å². The minimum atomic E-state index is 0.888. The van der Waals surface area contributed by atoms with E-state index in [9.17, 15) is 0 Å². The zero-order valence-corrected chi connectivity index (χ0v) is 11.7. The molecule has 0 N–H and O–H groups in total. The van der Waals surface area contributed by atoms with E-state index in [0.29, 0.717) is 0 Å². The molecule has 2 heteroatoms. The average Bonchev–Trinajstić information content (AvgIpc) is 2.38. The molecule has 0 aromatic carbocycles. The first-order chi connectivity index (χ1) is 7.58. The Hall–Kier alpha value is -0.0800. The fourth-order valence-corrected chi connectivity index (χ4v) is 3.96. The van der Waals surface area contributed by atoms with Gasteiger partial charge in [0.15, 0.2) is 0 Å². The van der Waals surface area contributed by atoms with Crippen molar-refractivity contribution in [3.8, 4) is 0 Å². The van der Waals surface area contributed by atoms with Crippen molar-refractivity contribution in [3.63, 3.8) is 0 Å². The van der Waals surface area contributed by atoms with Crippen LogP contribution in [0.3, 0.4) is 0 Å². The lowest BCUT2D eigenvalue weighted by Gasteiger charge is -2.59. The topological polar surface area (TPSA) is 0 Å². The van der Waals surface area contributed by atoms with E-state index < -0.39 is 0 Å². The molecule has 3 heterocycles.